The molecule has 0 saturated heterocycles. The molecule has 1 rings (SSSR count). The lowest BCUT2D eigenvalue weighted by atomic mass is 10.1. The van der Waals surface area contributed by atoms with Crippen LogP contribution in [0.5, 0.6) is 0 Å². The van der Waals surface area contributed by atoms with Gasteiger partial charge in [0.25, 0.3) is 0 Å². The lowest BCUT2D eigenvalue weighted by Gasteiger charge is -2.01. The molecule has 0 spiro atoms. The molecule has 0 aliphatic rings. The van der Waals surface area contributed by atoms with Crippen LogP contribution in [-0.2, 0) is 6.42 Å². The fourth-order valence-corrected chi connectivity index (χ4v) is 1.45. The number of aromatic nitrogens is 2. The SMILES string of the molecule is CCCCCCc1cc(F)nc(C)n1. The van der Waals surface area contributed by atoms with E-state index in [0.717, 1.165) is 18.5 Å². The van der Waals surface area contributed by atoms with Gasteiger partial charge in [0.2, 0.25) is 5.95 Å². The molecule has 1 aromatic heterocycles. The largest absolute Gasteiger partial charge is 0.238 e. The van der Waals surface area contributed by atoms with Crippen molar-refractivity contribution in [3.05, 3.63) is 23.5 Å². The summed E-state index contributed by atoms with van der Waals surface area (Å²) < 4.78 is 12.9. The average molecular weight is 196 g/mol. The number of rotatable bonds is 5. The van der Waals surface area contributed by atoms with Gasteiger partial charge in [0.1, 0.15) is 5.82 Å². The van der Waals surface area contributed by atoms with Crippen LogP contribution in [0.25, 0.3) is 0 Å². The second-order valence-corrected chi connectivity index (χ2v) is 3.54. The minimum absolute atomic E-state index is 0.414. The van der Waals surface area contributed by atoms with E-state index in [1.54, 1.807) is 6.92 Å². The van der Waals surface area contributed by atoms with Crippen molar-refractivity contribution >= 4 is 0 Å². The molecule has 0 fully saturated rings. The summed E-state index contributed by atoms with van der Waals surface area (Å²) in [4.78, 5) is 7.78. The zero-order valence-corrected chi connectivity index (χ0v) is 8.89. The van der Waals surface area contributed by atoms with Crippen LogP contribution in [0.3, 0.4) is 0 Å². The average Bonchev–Trinajstić information content (AvgIpc) is 2.11. The van der Waals surface area contributed by atoms with Gasteiger partial charge in [-0.05, 0) is 19.8 Å². The van der Waals surface area contributed by atoms with Gasteiger partial charge >= 0.3 is 0 Å². The predicted octanol–water partition coefficient (Wildman–Crippen LogP) is 3.05. The third-order valence-corrected chi connectivity index (χ3v) is 2.15. The van der Waals surface area contributed by atoms with Gasteiger partial charge in [0.15, 0.2) is 0 Å². The fraction of sp³-hybridized carbons (Fsp3) is 0.636. The van der Waals surface area contributed by atoms with E-state index in [-0.39, 0.29) is 0 Å². The van der Waals surface area contributed by atoms with Gasteiger partial charge in [-0.1, -0.05) is 26.2 Å². The summed E-state index contributed by atoms with van der Waals surface area (Å²) in [6, 6.07) is 1.43. The van der Waals surface area contributed by atoms with E-state index in [1.165, 1.54) is 25.3 Å². The lowest BCUT2D eigenvalue weighted by Crippen LogP contribution is -1.98. The maximum atomic E-state index is 12.9. The molecule has 0 radical (unpaired) electrons. The second kappa shape index (κ2) is 5.68. The van der Waals surface area contributed by atoms with Crippen LogP contribution in [0.4, 0.5) is 4.39 Å². The molecule has 0 unspecified atom stereocenters. The molecule has 0 aromatic carbocycles. The predicted molar refractivity (Wildman–Crippen MR) is 54.6 cm³/mol. The number of hydrogen-bond acceptors (Lipinski definition) is 2. The Balaban J connectivity index is 2.42. The number of aryl methyl sites for hydroxylation is 2. The summed E-state index contributed by atoms with van der Waals surface area (Å²) >= 11 is 0. The van der Waals surface area contributed by atoms with Crippen molar-refractivity contribution in [2.45, 2.75) is 46.0 Å². The van der Waals surface area contributed by atoms with E-state index in [0.29, 0.717) is 5.82 Å². The van der Waals surface area contributed by atoms with Crippen molar-refractivity contribution in [3.63, 3.8) is 0 Å². The Kier molecular flexibility index (Phi) is 4.50. The molecule has 2 nitrogen and oxygen atoms in total. The first kappa shape index (κ1) is 11.1. The lowest BCUT2D eigenvalue weighted by molar-refractivity contribution is 0.566. The highest BCUT2D eigenvalue weighted by molar-refractivity contribution is 5.03. The number of unbranched alkanes of at least 4 members (excludes halogenated alkanes) is 3. The summed E-state index contributed by atoms with van der Waals surface area (Å²) in [5.74, 6) is 0.110. The van der Waals surface area contributed by atoms with E-state index in [2.05, 4.69) is 16.9 Å². The van der Waals surface area contributed by atoms with Gasteiger partial charge < -0.3 is 0 Å². The molecule has 1 aromatic rings. The molecule has 0 aliphatic carbocycles. The standard InChI is InChI=1S/C11H17FN2/c1-3-4-5-6-7-10-8-11(12)14-9(2)13-10/h8H,3-7H2,1-2H3. The van der Waals surface area contributed by atoms with Gasteiger partial charge in [-0.3, -0.25) is 0 Å². The summed E-state index contributed by atoms with van der Waals surface area (Å²) in [6.07, 6.45) is 5.61. The number of halogens is 1. The molecule has 0 N–H and O–H groups in total. The molecule has 0 aliphatic heterocycles. The summed E-state index contributed by atoms with van der Waals surface area (Å²) in [7, 11) is 0. The molecule has 78 valence electrons. The summed E-state index contributed by atoms with van der Waals surface area (Å²) in [5, 5.41) is 0. The van der Waals surface area contributed by atoms with E-state index >= 15 is 0 Å². The Labute approximate surface area is 84.6 Å². The zero-order chi connectivity index (χ0) is 10.4. The third-order valence-electron chi connectivity index (χ3n) is 2.15. The smallest absolute Gasteiger partial charge is 0.216 e. The van der Waals surface area contributed by atoms with Crippen LogP contribution in [0, 0.1) is 12.9 Å². The molecule has 0 saturated carbocycles. The van der Waals surface area contributed by atoms with E-state index in [1.807, 2.05) is 0 Å². The van der Waals surface area contributed by atoms with Crippen LogP contribution in [-0.4, -0.2) is 9.97 Å². The second-order valence-electron chi connectivity index (χ2n) is 3.54. The molecule has 14 heavy (non-hydrogen) atoms. The zero-order valence-electron chi connectivity index (χ0n) is 8.89. The third kappa shape index (κ3) is 3.81. The molecule has 0 amide bonds. The van der Waals surface area contributed by atoms with Crippen molar-refractivity contribution in [2.24, 2.45) is 0 Å². The van der Waals surface area contributed by atoms with Crippen LogP contribution >= 0.6 is 0 Å². The molecule has 0 atom stereocenters. The first-order valence-electron chi connectivity index (χ1n) is 5.22. The number of nitrogens with zero attached hydrogens (tertiary/aromatic N) is 2. The van der Waals surface area contributed by atoms with Gasteiger partial charge in [0.05, 0.1) is 0 Å². The Hall–Kier alpha value is -0.990. The van der Waals surface area contributed by atoms with E-state index < -0.39 is 5.95 Å². The molecule has 1 heterocycles. The van der Waals surface area contributed by atoms with Crippen molar-refractivity contribution in [2.75, 3.05) is 0 Å². The van der Waals surface area contributed by atoms with Gasteiger partial charge in [-0.2, -0.15) is 4.39 Å². The minimum Gasteiger partial charge on any atom is -0.238 e. The topological polar surface area (TPSA) is 25.8 Å². The van der Waals surface area contributed by atoms with Crippen molar-refractivity contribution in [3.8, 4) is 0 Å². The van der Waals surface area contributed by atoms with Gasteiger partial charge in [-0.25, -0.2) is 9.97 Å². The van der Waals surface area contributed by atoms with Gasteiger partial charge in [-0.15, -0.1) is 0 Å². The highest BCUT2D eigenvalue weighted by Gasteiger charge is 2.00. The molecule has 3 heteroatoms. The van der Waals surface area contributed by atoms with Crippen molar-refractivity contribution < 1.29 is 4.39 Å². The first-order chi connectivity index (χ1) is 6.72. The highest BCUT2D eigenvalue weighted by atomic mass is 19.1. The first-order valence-corrected chi connectivity index (χ1v) is 5.22. The van der Waals surface area contributed by atoms with E-state index in [9.17, 15) is 4.39 Å². The van der Waals surface area contributed by atoms with Crippen LogP contribution in [0.15, 0.2) is 6.07 Å². The van der Waals surface area contributed by atoms with Crippen molar-refractivity contribution in [1.29, 1.82) is 0 Å². The molecular weight excluding hydrogens is 179 g/mol. The Morgan fingerprint density at radius 3 is 2.64 bits per heavy atom. The van der Waals surface area contributed by atoms with Gasteiger partial charge in [0, 0.05) is 11.8 Å². The van der Waals surface area contributed by atoms with Crippen LogP contribution in [0.1, 0.15) is 44.1 Å². The van der Waals surface area contributed by atoms with Crippen molar-refractivity contribution in [1.82, 2.24) is 9.97 Å². The minimum atomic E-state index is -0.414. The Morgan fingerprint density at radius 2 is 2.00 bits per heavy atom. The fourth-order valence-electron chi connectivity index (χ4n) is 1.45. The molecule has 0 bridgehead atoms. The summed E-state index contributed by atoms with van der Waals surface area (Å²) in [6.45, 7) is 3.90. The highest BCUT2D eigenvalue weighted by Crippen LogP contribution is 2.06. The monoisotopic (exact) mass is 196 g/mol. The number of hydrogen-bond donors (Lipinski definition) is 0. The maximum Gasteiger partial charge on any atom is 0.216 e. The Morgan fingerprint density at radius 1 is 1.21 bits per heavy atom. The Bertz CT molecular complexity index is 266. The van der Waals surface area contributed by atoms with E-state index in [4.69, 9.17) is 0 Å². The maximum absolute atomic E-state index is 12.9. The molecular formula is C11H17FN2. The normalized spacial score (nSPS) is 10.5. The van der Waals surface area contributed by atoms with Crippen LogP contribution < -0.4 is 0 Å². The quantitative estimate of drug-likeness (QED) is 0.534. The van der Waals surface area contributed by atoms with Crippen LogP contribution in [0.2, 0.25) is 0 Å². The summed E-state index contributed by atoms with van der Waals surface area (Å²) in [5.41, 5.74) is 0.825.